The van der Waals surface area contributed by atoms with Gasteiger partial charge in [0.15, 0.2) is 0 Å². The molecule has 0 fully saturated rings. The number of aliphatic carboxylic acids is 1. The van der Waals surface area contributed by atoms with Gasteiger partial charge in [-0.1, -0.05) is 41.8 Å². The second-order valence-electron chi connectivity index (χ2n) is 3.02. The Bertz CT molecular complexity index is 253. The highest BCUT2D eigenvalue weighted by molar-refractivity contribution is 6.55. The maximum atomic E-state index is 10.6. The molecule has 0 heterocycles. The van der Waals surface area contributed by atoms with Gasteiger partial charge in [-0.15, -0.1) is 0 Å². The molecule has 0 aromatic carbocycles. The van der Waals surface area contributed by atoms with Gasteiger partial charge in [0.25, 0.3) is 0 Å². The number of carboxylic acids is 1. The molecule has 1 N–H and O–H groups in total. The van der Waals surface area contributed by atoms with Crippen LogP contribution in [0.2, 0.25) is 0 Å². The van der Waals surface area contributed by atoms with Gasteiger partial charge in [-0.3, -0.25) is 4.79 Å². The topological polar surface area (TPSA) is 37.3 Å². The maximum absolute atomic E-state index is 10.6. The largest absolute Gasteiger partial charge is 0.481 e. The van der Waals surface area contributed by atoms with Crippen LogP contribution in [0.1, 0.15) is 26.7 Å². The summed E-state index contributed by atoms with van der Waals surface area (Å²) < 4.78 is 0.111. The summed E-state index contributed by atoms with van der Waals surface area (Å²) in [6, 6.07) is 0. The van der Waals surface area contributed by atoms with E-state index >= 15 is 0 Å². The minimum absolute atomic E-state index is 0.0191. The number of halogens is 2. The van der Waals surface area contributed by atoms with Crippen LogP contribution in [-0.2, 0) is 4.79 Å². The van der Waals surface area contributed by atoms with E-state index in [9.17, 15) is 4.79 Å². The molecule has 0 radical (unpaired) electrons. The summed E-state index contributed by atoms with van der Waals surface area (Å²) in [4.78, 5) is 10.6. The lowest BCUT2D eigenvalue weighted by Gasteiger charge is -2.10. The Kier molecular flexibility index (Phi) is 6.67. The highest BCUT2D eigenvalue weighted by Gasteiger charge is 2.12. The normalized spacial score (nSPS) is 13.6. The van der Waals surface area contributed by atoms with E-state index in [0.29, 0.717) is 0 Å². The van der Waals surface area contributed by atoms with Crippen molar-refractivity contribution >= 4 is 29.2 Å². The van der Waals surface area contributed by atoms with Crippen molar-refractivity contribution < 1.29 is 9.90 Å². The minimum atomic E-state index is -0.857. The molecule has 0 rings (SSSR count). The van der Waals surface area contributed by atoms with Gasteiger partial charge in [-0.25, -0.2) is 0 Å². The fourth-order valence-corrected chi connectivity index (χ4v) is 1.47. The van der Waals surface area contributed by atoms with Gasteiger partial charge in [0.05, 0.1) is 6.42 Å². The SMILES string of the molecule is CCC=C(C)C(C=C(Cl)Cl)CC(=O)O. The molecule has 80 valence electrons. The zero-order valence-electron chi connectivity index (χ0n) is 8.26. The summed E-state index contributed by atoms with van der Waals surface area (Å²) in [5.41, 5.74) is 0.980. The van der Waals surface area contributed by atoms with Gasteiger partial charge in [0.1, 0.15) is 4.49 Å². The number of carbonyl (C=O) groups is 1. The van der Waals surface area contributed by atoms with Gasteiger partial charge >= 0.3 is 5.97 Å². The van der Waals surface area contributed by atoms with Crippen molar-refractivity contribution in [2.24, 2.45) is 5.92 Å². The van der Waals surface area contributed by atoms with E-state index in [1.54, 1.807) is 6.08 Å². The zero-order valence-corrected chi connectivity index (χ0v) is 9.77. The number of hydrogen-bond donors (Lipinski definition) is 1. The monoisotopic (exact) mass is 236 g/mol. The standard InChI is InChI=1S/C10H14Cl2O2/c1-3-4-7(2)8(5-9(11)12)6-10(13)14/h4-5,8H,3,6H2,1-2H3,(H,13,14). The van der Waals surface area contributed by atoms with E-state index in [-0.39, 0.29) is 16.8 Å². The van der Waals surface area contributed by atoms with Crippen LogP contribution in [0.3, 0.4) is 0 Å². The van der Waals surface area contributed by atoms with Crippen LogP contribution in [0, 0.1) is 5.92 Å². The molecule has 0 amide bonds. The van der Waals surface area contributed by atoms with E-state index in [1.807, 2.05) is 19.9 Å². The first-order valence-electron chi connectivity index (χ1n) is 4.38. The molecule has 0 aromatic rings. The summed E-state index contributed by atoms with van der Waals surface area (Å²) in [5, 5.41) is 8.67. The summed E-state index contributed by atoms with van der Waals surface area (Å²) in [7, 11) is 0. The molecule has 4 heteroatoms. The third kappa shape index (κ3) is 6.06. The second-order valence-corrected chi connectivity index (χ2v) is 4.02. The van der Waals surface area contributed by atoms with Crippen LogP contribution >= 0.6 is 23.2 Å². The first-order chi connectivity index (χ1) is 6.47. The number of carboxylic acid groups (broad SMARTS) is 1. The zero-order chi connectivity index (χ0) is 11.1. The molecule has 0 aromatic heterocycles. The fourth-order valence-electron chi connectivity index (χ4n) is 1.16. The summed E-state index contributed by atoms with van der Waals surface area (Å²) in [6.45, 7) is 3.87. The van der Waals surface area contributed by atoms with E-state index in [1.165, 1.54) is 0 Å². The second kappa shape index (κ2) is 6.91. The average molecular weight is 237 g/mol. The quantitative estimate of drug-likeness (QED) is 0.739. The maximum Gasteiger partial charge on any atom is 0.304 e. The lowest BCUT2D eigenvalue weighted by Crippen LogP contribution is -2.06. The molecule has 1 atom stereocenters. The first-order valence-corrected chi connectivity index (χ1v) is 5.14. The van der Waals surface area contributed by atoms with Crippen LogP contribution in [0.25, 0.3) is 0 Å². The summed E-state index contributed by atoms with van der Waals surface area (Å²) in [5.74, 6) is -1.07. The van der Waals surface area contributed by atoms with Gasteiger partial charge in [0, 0.05) is 5.92 Å². The van der Waals surface area contributed by atoms with Crippen molar-refractivity contribution in [3.05, 3.63) is 22.2 Å². The van der Waals surface area contributed by atoms with Gasteiger partial charge in [0.2, 0.25) is 0 Å². The van der Waals surface area contributed by atoms with Crippen molar-refractivity contribution in [1.29, 1.82) is 0 Å². The van der Waals surface area contributed by atoms with Crippen LogP contribution in [0.4, 0.5) is 0 Å². The molecular weight excluding hydrogens is 223 g/mol. The third-order valence-electron chi connectivity index (χ3n) is 1.83. The molecule has 0 saturated carbocycles. The molecule has 0 saturated heterocycles. The van der Waals surface area contributed by atoms with E-state index in [0.717, 1.165) is 12.0 Å². The molecule has 2 nitrogen and oxygen atoms in total. The lowest BCUT2D eigenvalue weighted by molar-refractivity contribution is -0.137. The Morgan fingerprint density at radius 1 is 1.50 bits per heavy atom. The molecule has 0 aliphatic carbocycles. The number of allylic oxidation sites excluding steroid dienone is 3. The summed E-state index contributed by atoms with van der Waals surface area (Å²) in [6.07, 6.45) is 4.42. The molecule has 14 heavy (non-hydrogen) atoms. The third-order valence-corrected chi connectivity index (χ3v) is 2.08. The lowest BCUT2D eigenvalue weighted by atomic mass is 9.96. The minimum Gasteiger partial charge on any atom is -0.481 e. The Hall–Kier alpha value is -0.470. The van der Waals surface area contributed by atoms with Crippen LogP contribution < -0.4 is 0 Å². The molecule has 0 bridgehead atoms. The van der Waals surface area contributed by atoms with Crippen molar-refractivity contribution in [2.45, 2.75) is 26.7 Å². The highest BCUT2D eigenvalue weighted by Crippen LogP contribution is 2.21. The smallest absolute Gasteiger partial charge is 0.304 e. The first kappa shape index (κ1) is 13.5. The van der Waals surface area contributed by atoms with E-state index < -0.39 is 5.97 Å². The number of rotatable bonds is 5. The Morgan fingerprint density at radius 3 is 2.43 bits per heavy atom. The predicted octanol–water partition coefficient (Wildman–Crippen LogP) is 3.75. The Balaban J connectivity index is 4.63. The van der Waals surface area contributed by atoms with Crippen molar-refractivity contribution in [3.63, 3.8) is 0 Å². The van der Waals surface area contributed by atoms with Crippen molar-refractivity contribution in [3.8, 4) is 0 Å². The van der Waals surface area contributed by atoms with Crippen molar-refractivity contribution in [2.75, 3.05) is 0 Å². The summed E-state index contributed by atoms with van der Waals surface area (Å²) >= 11 is 11.0. The van der Waals surface area contributed by atoms with Gasteiger partial charge in [-0.2, -0.15) is 0 Å². The molecular formula is C10H14Cl2O2. The van der Waals surface area contributed by atoms with Crippen LogP contribution in [-0.4, -0.2) is 11.1 Å². The Labute approximate surface area is 94.2 Å². The average Bonchev–Trinajstić information content (AvgIpc) is 2.01. The molecule has 1 unspecified atom stereocenters. The molecule has 0 aliphatic heterocycles. The van der Waals surface area contributed by atoms with E-state index in [4.69, 9.17) is 28.3 Å². The highest BCUT2D eigenvalue weighted by atomic mass is 35.5. The van der Waals surface area contributed by atoms with Crippen LogP contribution in [0.15, 0.2) is 22.2 Å². The van der Waals surface area contributed by atoms with Gasteiger partial charge < -0.3 is 5.11 Å². The van der Waals surface area contributed by atoms with Crippen molar-refractivity contribution in [1.82, 2.24) is 0 Å². The Morgan fingerprint density at radius 2 is 2.07 bits per heavy atom. The fraction of sp³-hybridized carbons (Fsp3) is 0.500. The predicted molar refractivity (Wildman–Crippen MR) is 59.6 cm³/mol. The number of hydrogen-bond acceptors (Lipinski definition) is 1. The van der Waals surface area contributed by atoms with E-state index in [2.05, 4.69) is 0 Å². The molecule has 0 aliphatic rings. The van der Waals surface area contributed by atoms with Gasteiger partial charge in [-0.05, 0) is 19.4 Å². The van der Waals surface area contributed by atoms with Crippen LogP contribution in [0.5, 0.6) is 0 Å². The molecule has 0 spiro atoms.